The smallest absolute Gasteiger partial charge is 0.177 e. The molecular formula is C14H19ClN2O3S. The number of ether oxygens (including phenoxy) is 1. The van der Waals surface area contributed by atoms with E-state index in [2.05, 4.69) is 4.98 Å². The summed E-state index contributed by atoms with van der Waals surface area (Å²) in [6, 6.07) is 5.15. The first kappa shape index (κ1) is 16.3. The first-order valence-corrected chi connectivity index (χ1v) is 8.94. The molecule has 0 spiro atoms. The zero-order valence-electron chi connectivity index (χ0n) is 12.5. The van der Waals surface area contributed by atoms with Gasteiger partial charge in [0.2, 0.25) is 0 Å². The number of alkyl halides is 1. The van der Waals surface area contributed by atoms with Crippen molar-refractivity contribution in [2.75, 3.05) is 20.0 Å². The third-order valence-electron chi connectivity index (χ3n) is 3.31. The molecule has 1 aromatic heterocycles. The van der Waals surface area contributed by atoms with Crippen molar-refractivity contribution >= 4 is 32.5 Å². The fourth-order valence-corrected chi connectivity index (χ4v) is 3.45. The molecule has 0 amide bonds. The highest BCUT2D eigenvalue weighted by Crippen LogP contribution is 2.31. The number of halogens is 1. The minimum atomic E-state index is -3.35. The maximum absolute atomic E-state index is 11.9. The van der Waals surface area contributed by atoms with E-state index in [9.17, 15) is 8.42 Å². The van der Waals surface area contributed by atoms with Crippen LogP contribution in [0.1, 0.15) is 31.1 Å². The molecule has 1 aromatic carbocycles. The number of nitrogens with zero attached hydrogens (tertiary/aromatic N) is 2. The van der Waals surface area contributed by atoms with Gasteiger partial charge in [-0.25, -0.2) is 13.4 Å². The van der Waals surface area contributed by atoms with E-state index in [-0.39, 0.29) is 16.3 Å². The van der Waals surface area contributed by atoms with E-state index in [0.29, 0.717) is 17.9 Å². The number of sulfone groups is 1. The van der Waals surface area contributed by atoms with Gasteiger partial charge in [-0.15, -0.1) is 11.6 Å². The molecule has 116 valence electrons. The monoisotopic (exact) mass is 330 g/mol. The summed E-state index contributed by atoms with van der Waals surface area (Å²) in [5.41, 5.74) is 1.22. The Bertz CT molecular complexity index is 753. The molecule has 0 aliphatic rings. The van der Waals surface area contributed by atoms with Crippen molar-refractivity contribution in [3.05, 3.63) is 24.0 Å². The Morgan fingerprint density at radius 3 is 2.57 bits per heavy atom. The van der Waals surface area contributed by atoms with Crippen molar-refractivity contribution < 1.29 is 13.2 Å². The van der Waals surface area contributed by atoms with Crippen LogP contribution in [0.5, 0.6) is 0 Å². The molecule has 2 atom stereocenters. The highest BCUT2D eigenvalue weighted by Gasteiger charge is 2.23. The molecule has 0 saturated heterocycles. The maximum atomic E-state index is 11.9. The maximum Gasteiger partial charge on any atom is 0.177 e. The Balaban J connectivity index is 2.80. The summed E-state index contributed by atoms with van der Waals surface area (Å²) in [6.45, 7) is 4.30. The van der Waals surface area contributed by atoms with E-state index in [1.807, 2.05) is 24.5 Å². The summed E-state index contributed by atoms with van der Waals surface area (Å²) in [5, 5.41) is -0.330. The minimum absolute atomic E-state index is 0.00557. The van der Waals surface area contributed by atoms with E-state index >= 15 is 0 Å². The van der Waals surface area contributed by atoms with Gasteiger partial charge in [0.25, 0.3) is 0 Å². The molecule has 2 unspecified atom stereocenters. The van der Waals surface area contributed by atoms with Crippen molar-refractivity contribution in [1.29, 1.82) is 0 Å². The number of fused-ring (bicyclic) bond motifs is 1. The molecule has 21 heavy (non-hydrogen) atoms. The quantitative estimate of drug-likeness (QED) is 0.791. The van der Waals surface area contributed by atoms with Crippen LogP contribution in [0.25, 0.3) is 11.0 Å². The lowest BCUT2D eigenvalue weighted by Gasteiger charge is -2.17. The van der Waals surface area contributed by atoms with Crippen LogP contribution in [0.4, 0.5) is 0 Å². The van der Waals surface area contributed by atoms with Crippen molar-refractivity contribution in [2.24, 2.45) is 0 Å². The van der Waals surface area contributed by atoms with Crippen molar-refractivity contribution in [2.45, 2.75) is 30.2 Å². The Labute approximate surface area is 129 Å². The van der Waals surface area contributed by atoms with E-state index in [4.69, 9.17) is 16.3 Å². The number of benzene rings is 1. The van der Waals surface area contributed by atoms with Gasteiger partial charge in [0.1, 0.15) is 11.3 Å². The molecule has 0 saturated carbocycles. The first-order valence-electron chi connectivity index (χ1n) is 6.61. The number of para-hydroxylation sites is 1. The van der Waals surface area contributed by atoms with Crippen molar-refractivity contribution in [3.63, 3.8) is 0 Å². The van der Waals surface area contributed by atoms with Crippen LogP contribution >= 0.6 is 11.6 Å². The molecule has 0 aliphatic heterocycles. The highest BCUT2D eigenvalue weighted by atomic mass is 35.5. The average molecular weight is 331 g/mol. The number of rotatable bonds is 5. The fourth-order valence-electron chi connectivity index (χ4n) is 2.47. The first-order chi connectivity index (χ1) is 9.77. The van der Waals surface area contributed by atoms with Gasteiger partial charge >= 0.3 is 0 Å². The topological polar surface area (TPSA) is 61.2 Å². The predicted octanol–water partition coefficient (Wildman–Crippen LogP) is 2.95. The molecular weight excluding hydrogens is 312 g/mol. The average Bonchev–Trinajstić information content (AvgIpc) is 2.76. The summed E-state index contributed by atoms with van der Waals surface area (Å²) in [6.07, 6.45) is 1.18. The molecule has 2 rings (SSSR count). The van der Waals surface area contributed by atoms with E-state index in [0.717, 1.165) is 5.52 Å². The number of methoxy groups -OCH3 is 1. The Hall–Kier alpha value is -1.11. The summed E-state index contributed by atoms with van der Waals surface area (Å²) in [4.78, 5) is 4.70. The van der Waals surface area contributed by atoms with Crippen LogP contribution in [0, 0.1) is 0 Å². The van der Waals surface area contributed by atoms with Crippen LogP contribution < -0.4 is 0 Å². The van der Waals surface area contributed by atoms with Crippen LogP contribution in [0.2, 0.25) is 0 Å². The van der Waals surface area contributed by atoms with Crippen LogP contribution in [0.15, 0.2) is 23.1 Å². The molecule has 1 heterocycles. The SMILES string of the molecule is COCC(C)n1c(C(C)Cl)nc2c(S(C)(=O)=O)cccc21. The second kappa shape index (κ2) is 5.94. The lowest BCUT2D eigenvalue weighted by molar-refractivity contribution is 0.162. The van der Waals surface area contributed by atoms with Crippen molar-refractivity contribution in [1.82, 2.24) is 9.55 Å². The van der Waals surface area contributed by atoms with Gasteiger partial charge in [-0.05, 0) is 26.0 Å². The minimum Gasteiger partial charge on any atom is -0.383 e. The van der Waals surface area contributed by atoms with Crippen molar-refractivity contribution in [3.8, 4) is 0 Å². The summed E-state index contributed by atoms with van der Waals surface area (Å²) < 4.78 is 31.0. The van der Waals surface area contributed by atoms with Crippen LogP contribution in [-0.2, 0) is 14.6 Å². The lowest BCUT2D eigenvalue weighted by atomic mass is 10.2. The molecule has 5 nitrogen and oxygen atoms in total. The van der Waals surface area contributed by atoms with Gasteiger partial charge in [0, 0.05) is 13.4 Å². The fraction of sp³-hybridized carbons (Fsp3) is 0.500. The van der Waals surface area contributed by atoms with Gasteiger partial charge in [0.15, 0.2) is 9.84 Å². The second-order valence-electron chi connectivity index (χ2n) is 5.16. The van der Waals surface area contributed by atoms with E-state index in [1.165, 1.54) is 6.26 Å². The van der Waals surface area contributed by atoms with E-state index in [1.54, 1.807) is 19.2 Å². The molecule has 0 N–H and O–H groups in total. The number of aromatic nitrogens is 2. The molecule has 0 aliphatic carbocycles. The Kier molecular flexibility index (Phi) is 4.60. The number of hydrogen-bond donors (Lipinski definition) is 0. The number of hydrogen-bond acceptors (Lipinski definition) is 4. The highest BCUT2D eigenvalue weighted by molar-refractivity contribution is 7.91. The van der Waals surface area contributed by atoms with Gasteiger partial charge in [-0.3, -0.25) is 0 Å². The third kappa shape index (κ3) is 3.07. The Morgan fingerprint density at radius 2 is 2.05 bits per heavy atom. The molecule has 0 radical (unpaired) electrons. The summed E-state index contributed by atoms with van der Waals surface area (Å²) >= 11 is 6.22. The van der Waals surface area contributed by atoms with Gasteiger partial charge in [-0.1, -0.05) is 6.07 Å². The molecule has 0 bridgehead atoms. The zero-order chi connectivity index (χ0) is 15.8. The van der Waals surface area contributed by atoms with Gasteiger partial charge in [-0.2, -0.15) is 0 Å². The normalized spacial score (nSPS) is 15.3. The number of imidazole rings is 1. The molecule has 2 aromatic rings. The van der Waals surface area contributed by atoms with Crippen LogP contribution in [-0.4, -0.2) is 37.9 Å². The van der Waals surface area contributed by atoms with E-state index < -0.39 is 9.84 Å². The zero-order valence-corrected chi connectivity index (χ0v) is 14.1. The van der Waals surface area contributed by atoms with Gasteiger partial charge in [0.05, 0.1) is 28.4 Å². The molecule has 7 heteroatoms. The summed E-state index contributed by atoms with van der Waals surface area (Å²) in [7, 11) is -1.72. The molecule has 0 fully saturated rings. The second-order valence-corrected chi connectivity index (χ2v) is 7.80. The van der Waals surface area contributed by atoms with Gasteiger partial charge < -0.3 is 9.30 Å². The van der Waals surface area contributed by atoms with Crippen LogP contribution in [0.3, 0.4) is 0 Å². The summed E-state index contributed by atoms with van der Waals surface area (Å²) in [5.74, 6) is 0.646. The predicted molar refractivity (Wildman–Crippen MR) is 83.7 cm³/mol. The third-order valence-corrected chi connectivity index (χ3v) is 4.64. The Morgan fingerprint density at radius 1 is 1.38 bits per heavy atom. The standard InChI is InChI=1S/C14H19ClN2O3S/c1-9(8-20-3)17-11-6-5-7-12(21(4,18)19)13(11)16-14(17)10(2)15/h5-7,9-10H,8H2,1-4H3. The largest absolute Gasteiger partial charge is 0.383 e. The lowest BCUT2D eigenvalue weighted by Crippen LogP contribution is -2.14.